The Hall–Kier alpha value is -2.44. The van der Waals surface area contributed by atoms with Crippen LogP contribution in [0.15, 0.2) is 51.2 Å². The van der Waals surface area contributed by atoms with E-state index in [9.17, 15) is 26.0 Å². The molecule has 30 heavy (non-hydrogen) atoms. The molecule has 3 heterocycles. The fourth-order valence-corrected chi connectivity index (χ4v) is 5.92. The summed E-state index contributed by atoms with van der Waals surface area (Å²) < 4.78 is 82.6. The van der Waals surface area contributed by atoms with Gasteiger partial charge in [-0.3, -0.25) is 0 Å². The second-order valence-corrected chi connectivity index (χ2v) is 9.81. The van der Waals surface area contributed by atoms with Crippen LogP contribution in [0.5, 0.6) is 0 Å². The quantitative estimate of drug-likeness (QED) is 0.548. The van der Waals surface area contributed by atoms with E-state index in [-0.39, 0.29) is 33.7 Å². The molecule has 4 rings (SSSR count). The van der Waals surface area contributed by atoms with Gasteiger partial charge in [0.25, 0.3) is 10.0 Å². The predicted molar refractivity (Wildman–Crippen MR) is 102 cm³/mol. The Labute approximate surface area is 173 Å². The van der Waals surface area contributed by atoms with E-state index in [0.29, 0.717) is 13.1 Å². The van der Waals surface area contributed by atoms with Crippen LogP contribution in [0.25, 0.3) is 10.6 Å². The topological polar surface area (TPSA) is 66.7 Å². The van der Waals surface area contributed by atoms with Crippen LogP contribution < -0.4 is 4.90 Å². The molecule has 1 aliphatic rings. The minimum absolute atomic E-state index is 0.0179. The number of benzene rings is 1. The number of rotatable bonds is 4. The van der Waals surface area contributed by atoms with E-state index in [1.54, 1.807) is 12.1 Å². The molecule has 1 aliphatic heterocycles. The molecule has 0 unspecified atom stereocenters. The second kappa shape index (κ2) is 7.67. The van der Waals surface area contributed by atoms with Gasteiger partial charge in [0.05, 0.1) is 4.88 Å². The summed E-state index contributed by atoms with van der Waals surface area (Å²) in [5.41, 5.74) is 0.730. The number of anilines is 1. The molecule has 0 atom stereocenters. The maximum Gasteiger partial charge on any atom is 0.452 e. The van der Waals surface area contributed by atoms with E-state index in [1.165, 1.54) is 28.6 Å². The third kappa shape index (κ3) is 4.07. The molecule has 2 aromatic heterocycles. The molecule has 160 valence electrons. The fourth-order valence-electron chi connectivity index (χ4n) is 3.09. The minimum atomic E-state index is -4.67. The summed E-state index contributed by atoms with van der Waals surface area (Å²) in [7, 11) is -3.80. The van der Waals surface area contributed by atoms with Gasteiger partial charge in [0.2, 0.25) is 5.76 Å². The van der Waals surface area contributed by atoms with Crippen molar-refractivity contribution in [3.05, 3.63) is 54.0 Å². The van der Waals surface area contributed by atoms with Crippen molar-refractivity contribution >= 4 is 27.0 Å². The molecule has 3 aromatic rings. The van der Waals surface area contributed by atoms with Gasteiger partial charge in [0, 0.05) is 37.9 Å². The van der Waals surface area contributed by atoms with Crippen molar-refractivity contribution in [1.29, 1.82) is 0 Å². The van der Waals surface area contributed by atoms with Gasteiger partial charge in [-0.05, 0) is 36.4 Å². The minimum Gasteiger partial charge on any atom is -0.369 e. The monoisotopic (exact) mass is 461 g/mol. The zero-order chi connectivity index (χ0) is 21.5. The summed E-state index contributed by atoms with van der Waals surface area (Å²) in [5.74, 6) is -1.59. The first kappa shape index (κ1) is 20.8. The zero-order valence-corrected chi connectivity index (χ0v) is 16.9. The van der Waals surface area contributed by atoms with Crippen molar-refractivity contribution < 1.29 is 30.5 Å². The maximum atomic E-state index is 13.1. The number of hydrogen-bond donors (Lipinski definition) is 0. The second-order valence-electron chi connectivity index (χ2n) is 6.56. The van der Waals surface area contributed by atoms with E-state index in [0.717, 1.165) is 23.1 Å². The molecule has 1 fully saturated rings. The van der Waals surface area contributed by atoms with Crippen molar-refractivity contribution in [3.63, 3.8) is 0 Å². The zero-order valence-electron chi connectivity index (χ0n) is 15.3. The molecule has 0 N–H and O–H groups in total. The van der Waals surface area contributed by atoms with Crippen LogP contribution in [0, 0.1) is 5.82 Å². The third-order valence-electron chi connectivity index (χ3n) is 4.65. The SMILES string of the molecule is O=S(=O)(c1ccc(-c2cc(C(F)(F)F)on2)s1)N1CCN(c2ccc(F)cc2)CC1. The van der Waals surface area contributed by atoms with Crippen LogP contribution in [-0.4, -0.2) is 44.1 Å². The molecule has 0 amide bonds. The Balaban J connectivity index is 1.47. The van der Waals surface area contributed by atoms with Crippen LogP contribution in [0.3, 0.4) is 0 Å². The summed E-state index contributed by atoms with van der Waals surface area (Å²) >= 11 is 0.835. The number of halogens is 4. The van der Waals surface area contributed by atoms with Gasteiger partial charge in [-0.2, -0.15) is 17.5 Å². The lowest BCUT2D eigenvalue weighted by molar-refractivity contribution is -0.155. The standard InChI is InChI=1S/C18H15F4N3O3S2/c19-12-1-3-13(4-2-12)24-7-9-25(10-8-24)30(26,27)17-6-5-15(29-17)14-11-16(28-23-14)18(20,21)22/h1-6,11H,7-10H2. The van der Waals surface area contributed by atoms with Crippen LogP contribution in [-0.2, 0) is 16.2 Å². The molecular formula is C18H15F4N3O3S2. The van der Waals surface area contributed by atoms with Crippen LogP contribution >= 0.6 is 11.3 Å². The van der Waals surface area contributed by atoms with Gasteiger partial charge in [0.15, 0.2) is 0 Å². The Morgan fingerprint density at radius 1 is 1.00 bits per heavy atom. The number of sulfonamides is 1. The van der Waals surface area contributed by atoms with E-state index < -0.39 is 22.0 Å². The van der Waals surface area contributed by atoms with E-state index in [1.807, 2.05) is 4.90 Å². The first-order chi connectivity index (χ1) is 14.1. The maximum absolute atomic E-state index is 13.1. The Morgan fingerprint density at radius 2 is 1.67 bits per heavy atom. The van der Waals surface area contributed by atoms with Crippen molar-refractivity contribution in [2.75, 3.05) is 31.1 Å². The highest BCUT2D eigenvalue weighted by molar-refractivity contribution is 7.91. The van der Waals surface area contributed by atoms with Crippen LogP contribution in [0.4, 0.5) is 23.2 Å². The molecular weight excluding hydrogens is 446 g/mol. The molecule has 0 aliphatic carbocycles. The number of alkyl halides is 3. The molecule has 0 saturated carbocycles. The third-order valence-corrected chi connectivity index (χ3v) is 8.12. The average Bonchev–Trinajstić information content (AvgIpc) is 3.38. The normalized spacial score (nSPS) is 16.2. The summed E-state index contributed by atoms with van der Waals surface area (Å²) in [4.78, 5) is 2.22. The highest BCUT2D eigenvalue weighted by atomic mass is 32.2. The average molecular weight is 461 g/mol. The molecule has 1 aromatic carbocycles. The molecule has 0 radical (unpaired) electrons. The van der Waals surface area contributed by atoms with Crippen molar-refractivity contribution in [1.82, 2.24) is 9.46 Å². The number of nitrogens with zero attached hydrogens (tertiary/aromatic N) is 3. The summed E-state index contributed by atoms with van der Waals surface area (Å²) in [5, 5.41) is 3.38. The van der Waals surface area contributed by atoms with Gasteiger partial charge in [-0.15, -0.1) is 11.3 Å². The van der Waals surface area contributed by atoms with Gasteiger partial charge in [0.1, 0.15) is 15.7 Å². The lowest BCUT2D eigenvalue weighted by Gasteiger charge is -2.35. The Kier molecular flexibility index (Phi) is 5.32. The summed E-state index contributed by atoms with van der Waals surface area (Å²) in [6, 6.07) is 9.47. The largest absolute Gasteiger partial charge is 0.452 e. The van der Waals surface area contributed by atoms with E-state index in [2.05, 4.69) is 9.68 Å². The fraction of sp³-hybridized carbons (Fsp3) is 0.278. The smallest absolute Gasteiger partial charge is 0.369 e. The van der Waals surface area contributed by atoms with Crippen molar-refractivity contribution in [3.8, 4) is 10.6 Å². The van der Waals surface area contributed by atoms with Gasteiger partial charge in [-0.25, -0.2) is 12.8 Å². The number of hydrogen-bond acceptors (Lipinski definition) is 6. The van der Waals surface area contributed by atoms with Crippen molar-refractivity contribution in [2.45, 2.75) is 10.4 Å². The molecule has 6 nitrogen and oxygen atoms in total. The summed E-state index contributed by atoms with van der Waals surface area (Å²) in [6.45, 7) is 1.33. The Bertz CT molecular complexity index is 1130. The van der Waals surface area contributed by atoms with E-state index >= 15 is 0 Å². The first-order valence-electron chi connectivity index (χ1n) is 8.79. The highest BCUT2D eigenvalue weighted by Gasteiger charge is 2.36. The van der Waals surface area contributed by atoms with Gasteiger partial charge >= 0.3 is 6.18 Å². The highest BCUT2D eigenvalue weighted by Crippen LogP contribution is 2.36. The lowest BCUT2D eigenvalue weighted by Crippen LogP contribution is -2.48. The van der Waals surface area contributed by atoms with Crippen LogP contribution in [0.1, 0.15) is 5.76 Å². The molecule has 0 bridgehead atoms. The molecule has 0 spiro atoms. The van der Waals surface area contributed by atoms with Crippen LogP contribution in [0.2, 0.25) is 0 Å². The molecule has 12 heteroatoms. The Morgan fingerprint density at radius 3 is 2.27 bits per heavy atom. The predicted octanol–water partition coefficient (Wildman–Crippen LogP) is 4.07. The number of thiophene rings is 1. The molecule has 1 saturated heterocycles. The lowest BCUT2D eigenvalue weighted by atomic mass is 10.2. The number of aromatic nitrogens is 1. The van der Waals surface area contributed by atoms with E-state index in [4.69, 9.17) is 0 Å². The van der Waals surface area contributed by atoms with Gasteiger partial charge in [-0.1, -0.05) is 5.16 Å². The first-order valence-corrected chi connectivity index (χ1v) is 11.0. The number of piperazine rings is 1. The summed E-state index contributed by atoms with van der Waals surface area (Å²) in [6.07, 6.45) is -4.67. The van der Waals surface area contributed by atoms with Crippen molar-refractivity contribution in [2.24, 2.45) is 0 Å². The van der Waals surface area contributed by atoms with Gasteiger partial charge < -0.3 is 9.42 Å².